The number of aromatic nitrogens is 1. The first-order valence-corrected chi connectivity index (χ1v) is 10.3. The van der Waals surface area contributed by atoms with Crippen LogP contribution in [0.3, 0.4) is 0 Å². The average molecular weight is 411 g/mol. The summed E-state index contributed by atoms with van der Waals surface area (Å²) in [5, 5.41) is 5.19. The minimum absolute atomic E-state index is 0.00195. The van der Waals surface area contributed by atoms with Gasteiger partial charge in [-0.1, -0.05) is 19.9 Å². The number of rotatable bonds is 5. The van der Waals surface area contributed by atoms with Gasteiger partial charge in [-0.15, -0.1) is 11.3 Å². The lowest BCUT2D eigenvalue weighted by molar-refractivity contribution is -0.137. The number of carbonyl (C=O) groups is 1. The van der Waals surface area contributed by atoms with Crippen LogP contribution in [0.4, 0.5) is 19.0 Å². The molecule has 2 aromatic heterocycles. The Morgan fingerprint density at radius 2 is 1.96 bits per heavy atom. The van der Waals surface area contributed by atoms with Crippen LogP contribution >= 0.6 is 11.3 Å². The number of alkyl halides is 3. The molecule has 4 nitrogen and oxygen atoms in total. The molecular weight excluding hydrogens is 387 g/mol. The molecule has 0 aliphatic carbocycles. The molecule has 0 aromatic carbocycles. The molecule has 1 N–H and O–H groups in total. The van der Waals surface area contributed by atoms with E-state index in [2.05, 4.69) is 24.1 Å². The summed E-state index contributed by atoms with van der Waals surface area (Å²) in [6.45, 7) is 5.37. The summed E-state index contributed by atoms with van der Waals surface area (Å²) in [5.74, 6) is 0.767. The van der Waals surface area contributed by atoms with Gasteiger partial charge in [0, 0.05) is 30.1 Å². The maximum Gasteiger partial charge on any atom is 0.417 e. The minimum atomic E-state index is -4.38. The smallest absolute Gasteiger partial charge is 0.357 e. The van der Waals surface area contributed by atoms with Crippen molar-refractivity contribution in [1.29, 1.82) is 0 Å². The number of amides is 1. The van der Waals surface area contributed by atoms with Crippen molar-refractivity contribution < 1.29 is 18.0 Å². The van der Waals surface area contributed by atoms with Gasteiger partial charge < -0.3 is 10.2 Å². The molecule has 2 aromatic rings. The third kappa shape index (κ3) is 4.84. The number of carbonyl (C=O) groups excluding carboxylic acids is 1. The standard InChI is InChI=1S/C20H24F3N3OS/c1-13(2)18(16-4-3-11-28-16)25-19(27)14-7-9-26(10-8-14)17-6-5-15(12-24-17)20(21,22)23/h3-6,11-14,18H,7-10H2,1-2H3,(H,25,27)/t18-/m1/s1. The number of anilines is 1. The van der Waals surface area contributed by atoms with Crippen molar-refractivity contribution in [3.05, 3.63) is 46.3 Å². The van der Waals surface area contributed by atoms with E-state index in [0.717, 1.165) is 17.1 Å². The van der Waals surface area contributed by atoms with Gasteiger partial charge in [0.25, 0.3) is 0 Å². The molecule has 0 bridgehead atoms. The van der Waals surface area contributed by atoms with Gasteiger partial charge >= 0.3 is 6.18 Å². The summed E-state index contributed by atoms with van der Waals surface area (Å²) in [6.07, 6.45) is -2.21. The summed E-state index contributed by atoms with van der Waals surface area (Å²) in [4.78, 5) is 19.8. The largest absolute Gasteiger partial charge is 0.417 e. The van der Waals surface area contributed by atoms with E-state index < -0.39 is 11.7 Å². The fourth-order valence-electron chi connectivity index (χ4n) is 3.42. The SMILES string of the molecule is CC(C)[C@@H](NC(=O)C1CCN(c2ccc(C(F)(F)F)cn2)CC1)c1cccs1. The summed E-state index contributed by atoms with van der Waals surface area (Å²) in [7, 11) is 0. The third-order valence-electron chi connectivity index (χ3n) is 5.08. The van der Waals surface area contributed by atoms with Crippen molar-refractivity contribution in [2.45, 2.75) is 38.9 Å². The van der Waals surface area contributed by atoms with E-state index in [9.17, 15) is 18.0 Å². The van der Waals surface area contributed by atoms with Crippen molar-refractivity contribution in [3.8, 4) is 0 Å². The lowest BCUT2D eigenvalue weighted by Crippen LogP contribution is -2.42. The number of hydrogen-bond acceptors (Lipinski definition) is 4. The fourth-order valence-corrected chi connectivity index (χ4v) is 4.37. The molecule has 0 saturated carbocycles. The van der Waals surface area contributed by atoms with E-state index in [1.54, 1.807) is 11.3 Å². The van der Waals surface area contributed by atoms with Gasteiger partial charge in [0.2, 0.25) is 5.91 Å². The molecule has 1 saturated heterocycles. The number of thiophene rings is 1. The molecule has 1 aliphatic rings. The Morgan fingerprint density at radius 1 is 1.25 bits per heavy atom. The molecule has 0 unspecified atom stereocenters. The monoisotopic (exact) mass is 411 g/mol. The molecule has 1 amide bonds. The Morgan fingerprint density at radius 3 is 2.46 bits per heavy atom. The van der Waals surface area contributed by atoms with E-state index in [4.69, 9.17) is 0 Å². The molecule has 0 spiro atoms. The summed E-state index contributed by atoms with van der Waals surface area (Å²) < 4.78 is 38.0. The highest BCUT2D eigenvalue weighted by molar-refractivity contribution is 7.10. The summed E-state index contributed by atoms with van der Waals surface area (Å²) in [5.41, 5.74) is -0.751. The molecule has 3 heterocycles. The van der Waals surface area contributed by atoms with E-state index in [1.807, 2.05) is 22.4 Å². The Hall–Kier alpha value is -2.09. The zero-order chi connectivity index (χ0) is 20.3. The highest BCUT2D eigenvalue weighted by Crippen LogP contribution is 2.31. The second kappa shape index (κ2) is 8.51. The van der Waals surface area contributed by atoms with Crippen LogP contribution in [-0.4, -0.2) is 24.0 Å². The lowest BCUT2D eigenvalue weighted by atomic mass is 9.94. The topological polar surface area (TPSA) is 45.2 Å². The van der Waals surface area contributed by atoms with E-state index in [-0.39, 0.29) is 17.9 Å². The molecule has 152 valence electrons. The maximum atomic E-state index is 12.7. The van der Waals surface area contributed by atoms with Crippen LogP contribution in [0.25, 0.3) is 0 Å². The molecule has 0 radical (unpaired) electrons. The Balaban J connectivity index is 1.56. The van der Waals surface area contributed by atoms with Gasteiger partial charge in [-0.25, -0.2) is 4.98 Å². The van der Waals surface area contributed by atoms with Crippen molar-refractivity contribution in [2.24, 2.45) is 11.8 Å². The number of nitrogens with zero attached hydrogens (tertiary/aromatic N) is 2. The van der Waals surface area contributed by atoms with Gasteiger partial charge in [-0.05, 0) is 42.3 Å². The van der Waals surface area contributed by atoms with Crippen LogP contribution in [0.5, 0.6) is 0 Å². The van der Waals surface area contributed by atoms with Crippen molar-refractivity contribution in [2.75, 3.05) is 18.0 Å². The summed E-state index contributed by atoms with van der Waals surface area (Å²) in [6, 6.07) is 6.47. The van der Waals surface area contributed by atoms with Gasteiger partial charge in [-0.2, -0.15) is 13.2 Å². The normalized spacial score (nSPS) is 17.0. The Kier molecular flexibility index (Phi) is 6.27. The van der Waals surface area contributed by atoms with Gasteiger partial charge in [0.05, 0.1) is 11.6 Å². The molecular formula is C20H24F3N3OS. The van der Waals surface area contributed by atoms with Crippen LogP contribution in [0.15, 0.2) is 35.8 Å². The number of nitrogens with one attached hydrogen (secondary N) is 1. The van der Waals surface area contributed by atoms with Crippen LogP contribution < -0.4 is 10.2 Å². The first-order chi connectivity index (χ1) is 13.3. The number of piperidine rings is 1. The summed E-state index contributed by atoms with van der Waals surface area (Å²) >= 11 is 1.64. The highest BCUT2D eigenvalue weighted by Gasteiger charge is 2.32. The molecule has 1 aliphatic heterocycles. The molecule has 3 rings (SSSR count). The quantitative estimate of drug-likeness (QED) is 0.762. The maximum absolute atomic E-state index is 12.7. The number of halogens is 3. The molecule has 1 fully saturated rings. The average Bonchev–Trinajstić information content (AvgIpc) is 3.19. The van der Waals surface area contributed by atoms with E-state index in [0.29, 0.717) is 37.7 Å². The first-order valence-electron chi connectivity index (χ1n) is 9.37. The Labute approximate surface area is 166 Å². The van der Waals surface area contributed by atoms with Gasteiger partial charge in [-0.3, -0.25) is 4.79 Å². The predicted octanol–water partition coefficient (Wildman–Crippen LogP) is 4.89. The molecule has 28 heavy (non-hydrogen) atoms. The van der Waals surface area contributed by atoms with E-state index >= 15 is 0 Å². The Bertz CT molecular complexity index is 767. The van der Waals surface area contributed by atoms with Crippen molar-refractivity contribution in [1.82, 2.24) is 10.3 Å². The fraction of sp³-hybridized carbons (Fsp3) is 0.500. The lowest BCUT2D eigenvalue weighted by Gasteiger charge is -2.33. The van der Waals surface area contributed by atoms with Crippen LogP contribution in [-0.2, 0) is 11.0 Å². The second-order valence-corrected chi connectivity index (χ2v) is 8.39. The second-order valence-electron chi connectivity index (χ2n) is 7.41. The highest BCUT2D eigenvalue weighted by atomic mass is 32.1. The number of pyridine rings is 1. The first kappa shape index (κ1) is 20.6. The van der Waals surface area contributed by atoms with Gasteiger partial charge in [0.1, 0.15) is 5.82 Å². The minimum Gasteiger partial charge on any atom is -0.357 e. The number of hydrogen-bond donors (Lipinski definition) is 1. The third-order valence-corrected chi connectivity index (χ3v) is 6.03. The van der Waals surface area contributed by atoms with Crippen LogP contribution in [0, 0.1) is 11.8 Å². The van der Waals surface area contributed by atoms with Crippen molar-refractivity contribution in [3.63, 3.8) is 0 Å². The van der Waals surface area contributed by atoms with Crippen LogP contribution in [0.2, 0.25) is 0 Å². The van der Waals surface area contributed by atoms with Crippen LogP contribution in [0.1, 0.15) is 43.2 Å². The predicted molar refractivity (Wildman–Crippen MR) is 104 cm³/mol. The molecule has 8 heteroatoms. The van der Waals surface area contributed by atoms with Gasteiger partial charge in [0.15, 0.2) is 0 Å². The zero-order valence-electron chi connectivity index (χ0n) is 15.9. The zero-order valence-corrected chi connectivity index (χ0v) is 16.7. The van der Waals surface area contributed by atoms with E-state index in [1.165, 1.54) is 6.07 Å². The van der Waals surface area contributed by atoms with Crippen molar-refractivity contribution >= 4 is 23.1 Å². The molecule has 1 atom stereocenters.